The molecule has 0 unspecified atom stereocenters. The van der Waals surface area contributed by atoms with Crippen LogP contribution in [-0.4, -0.2) is 65.8 Å². The lowest BCUT2D eigenvalue weighted by molar-refractivity contribution is -0.130. The Balaban J connectivity index is 1.66. The Morgan fingerprint density at radius 3 is 2.39 bits per heavy atom. The summed E-state index contributed by atoms with van der Waals surface area (Å²) in [6.45, 7) is 1.59. The van der Waals surface area contributed by atoms with Crippen LogP contribution in [0.3, 0.4) is 0 Å². The zero-order valence-corrected chi connectivity index (χ0v) is 22.3. The van der Waals surface area contributed by atoms with Crippen LogP contribution in [-0.2, 0) is 9.63 Å². The van der Waals surface area contributed by atoms with Crippen LogP contribution in [0.25, 0.3) is 5.69 Å². The van der Waals surface area contributed by atoms with Gasteiger partial charge >= 0.3 is 0 Å². The summed E-state index contributed by atoms with van der Waals surface area (Å²) in [6, 6.07) is 10.7. The Kier molecular flexibility index (Phi) is 8.81. The molecule has 11 heteroatoms. The predicted molar refractivity (Wildman–Crippen MR) is 143 cm³/mol. The highest BCUT2D eigenvalue weighted by Gasteiger charge is 2.24. The first-order valence-electron chi connectivity index (χ1n) is 11.9. The smallest absolute Gasteiger partial charge is 0.255 e. The zero-order chi connectivity index (χ0) is 27.4. The van der Waals surface area contributed by atoms with Gasteiger partial charge in [-0.05, 0) is 43.2 Å². The molecule has 2 heterocycles. The number of carbonyl (C=O) groups excluding carboxylic acids is 1. The van der Waals surface area contributed by atoms with Crippen molar-refractivity contribution in [2.75, 3.05) is 33.7 Å². The lowest BCUT2D eigenvalue weighted by atomic mass is 10.0. The van der Waals surface area contributed by atoms with Gasteiger partial charge in [0, 0.05) is 56.6 Å². The van der Waals surface area contributed by atoms with Gasteiger partial charge in [-0.25, -0.2) is 8.78 Å². The number of pyridine rings is 1. The number of benzene rings is 2. The first-order valence-corrected chi connectivity index (χ1v) is 12.7. The van der Waals surface area contributed by atoms with Gasteiger partial charge in [0.05, 0.1) is 22.3 Å². The number of halogens is 4. The number of amides is 1. The predicted octanol–water partition coefficient (Wildman–Crippen LogP) is 4.74. The van der Waals surface area contributed by atoms with Crippen molar-refractivity contribution in [2.45, 2.75) is 18.9 Å². The third-order valence-corrected chi connectivity index (χ3v) is 6.84. The van der Waals surface area contributed by atoms with Crippen molar-refractivity contribution in [3.05, 3.63) is 97.9 Å². The highest BCUT2D eigenvalue weighted by Crippen LogP contribution is 2.28. The Bertz CT molecular complexity index is 1400. The number of piperidine rings is 1. The molecular formula is C27H26Cl2F2N4O3. The molecule has 0 bridgehead atoms. The molecule has 0 N–H and O–H groups in total. The van der Waals surface area contributed by atoms with Gasteiger partial charge in [-0.2, -0.15) is 0 Å². The number of oxime groups is 1. The number of hydrogen-bond acceptors (Lipinski definition) is 5. The number of likely N-dealkylation sites (tertiary alicyclic amines) is 1. The van der Waals surface area contributed by atoms with E-state index < -0.39 is 17.2 Å². The molecule has 200 valence electrons. The minimum Gasteiger partial charge on any atom is -0.392 e. The molecule has 1 aliphatic heterocycles. The van der Waals surface area contributed by atoms with E-state index in [1.807, 2.05) is 4.90 Å². The van der Waals surface area contributed by atoms with Crippen LogP contribution in [0.2, 0.25) is 10.0 Å². The maximum Gasteiger partial charge on any atom is 0.255 e. The van der Waals surface area contributed by atoms with Crippen molar-refractivity contribution in [3.63, 3.8) is 0 Å². The van der Waals surface area contributed by atoms with Crippen molar-refractivity contribution in [1.82, 2.24) is 14.4 Å². The summed E-state index contributed by atoms with van der Waals surface area (Å²) >= 11 is 12.6. The first-order chi connectivity index (χ1) is 18.1. The van der Waals surface area contributed by atoms with E-state index in [-0.39, 0.29) is 39.0 Å². The van der Waals surface area contributed by atoms with Gasteiger partial charge in [0.2, 0.25) is 5.91 Å². The molecule has 4 rings (SSSR count). The second-order valence-electron chi connectivity index (χ2n) is 9.13. The maximum atomic E-state index is 14.9. The molecule has 0 atom stereocenters. The third kappa shape index (κ3) is 6.40. The van der Waals surface area contributed by atoms with Crippen molar-refractivity contribution in [3.8, 4) is 5.69 Å². The quantitative estimate of drug-likeness (QED) is 0.308. The molecule has 3 aromatic rings. The summed E-state index contributed by atoms with van der Waals surface area (Å²) in [7, 11) is 3.43. The SMILES string of the molecule is CN(C)C(=O)CN1CCC(O/N=C(\c2ccc(=O)n(-c3c(Cl)cccc3Cl)c2)c2ccc(F)cc2F)CC1. The summed E-state index contributed by atoms with van der Waals surface area (Å²) in [6.07, 6.45) is 2.38. The fourth-order valence-corrected chi connectivity index (χ4v) is 4.67. The minimum absolute atomic E-state index is 0.00382. The van der Waals surface area contributed by atoms with Gasteiger partial charge in [-0.15, -0.1) is 0 Å². The standard InChI is InChI=1S/C27H26Cl2F2N4O3/c1-33(2)25(37)16-34-12-10-19(11-13-34)38-32-26(20-8-7-18(30)14-23(20)31)17-6-9-24(36)35(15-17)27-21(28)4-3-5-22(27)29/h3-9,14-15,19H,10-13,16H2,1-2H3/b32-26+. The average molecular weight is 563 g/mol. The molecule has 1 aliphatic rings. The van der Waals surface area contributed by atoms with Gasteiger partial charge in [0.25, 0.3) is 5.56 Å². The lowest BCUT2D eigenvalue weighted by Gasteiger charge is -2.30. The minimum atomic E-state index is -0.835. The van der Waals surface area contributed by atoms with Crippen molar-refractivity contribution in [2.24, 2.45) is 5.16 Å². The number of nitrogens with zero attached hydrogens (tertiary/aromatic N) is 4. The Morgan fingerprint density at radius 1 is 1.08 bits per heavy atom. The number of carbonyl (C=O) groups is 1. The summed E-state index contributed by atoms with van der Waals surface area (Å²) in [5.41, 5.74) is 0.256. The Hall–Kier alpha value is -3.27. The van der Waals surface area contributed by atoms with Crippen LogP contribution in [0.15, 0.2) is 64.7 Å². The van der Waals surface area contributed by atoms with Crippen molar-refractivity contribution >= 4 is 34.8 Å². The van der Waals surface area contributed by atoms with Crippen LogP contribution < -0.4 is 5.56 Å². The topological polar surface area (TPSA) is 67.1 Å². The lowest BCUT2D eigenvalue weighted by Crippen LogP contribution is -2.42. The van der Waals surface area contributed by atoms with E-state index >= 15 is 0 Å². The van der Waals surface area contributed by atoms with Gasteiger partial charge in [0.1, 0.15) is 23.5 Å². The van der Waals surface area contributed by atoms with Crippen LogP contribution in [0.5, 0.6) is 0 Å². The van der Waals surface area contributed by atoms with Crippen LogP contribution in [0, 0.1) is 11.6 Å². The Labute approximate surface area is 228 Å². The second kappa shape index (κ2) is 12.1. The van der Waals surface area contributed by atoms with Gasteiger partial charge in [-0.3, -0.25) is 19.1 Å². The van der Waals surface area contributed by atoms with Crippen molar-refractivity contribution < 1.29 is 18.4 Å². The van der Waals surface area contributed by atoms with E-state index in [1.54, 1.807) is 37.2 Å². The van der Waals surface area contributed by atoms with E-state index in [2.05, 4.69) is 5.16 Å². The molecule has 0 saturated carbocycles. The molecule has 1 amide bonds. The maximum absolute atomic E-state index is 14.9. The summed E-state index contributed by atoms with van der Waals surface area (Å²) in [4.78, 5) is 34.1. The molecule has 7 nitrogen and oxygen atoms in total. The van der Waals surface area contributed by atoms with Gasteiger partial charge in [0.15, 0.2) is 0 Å². The molecule has 1 saturated heterocycles. The highest BCUT2D eigenvalue weighted by atomic mass is 35.5. The summed E-state index contributed by atoms with van der Waals surface area (Å²) in [5.74, 6) is -1.55. The normalized spacial score (nSPS) is 14.9. The van der Waals surface area contributed by atoms with Crippen LogP contribution >= 0.6 is 23.2 Å². The molecule has 38 heavy (non-hydrogen) atoms. The fraction of sp³-hybridized carbons (Fsp3) is 0.296. The molecule has 1 fully saturated rings. The number of para-hydroxylation sites is 1. The molecule has 0 radical (unpaired) electrons. The second-order valence-corrected chi connectivity index (χ2v) is 9.94. The van der Waals surface area contributed by atoms with Gasteiger partial charge < -0.3 is 9.74 Å². The first kappa shape index (κ1) is 27.8. The molecule has 2 aromatic carbocycles. The van der Waals surface area contributed by atoms with E-state index in [0.717, 1.165) is 12.1 Å². The van der Waals surface area contributed by atoms with Crippen molar-refractivity contribution in [1.29, 1.82) is 0 Å². The molecule has 0 aliphatic carbocycles. The monoisotopic (exact) mass is 562 g/mol. The zero-order valence-electron chi connectivity index (χ0n) is 20.8. The van der Waals surface area contributed by atoms with E-state index in [4.69, 9.17) is 28.0 Å². The number of likely N-dealkylation sites (N-methyl/N-ethyl adjacent to an activating group) is 1. The van der Waals surface area contributed by atoms with Gasteiger partial charge in [-0.1, -0.05) is 34.4 Å². The van der Waals surface area contributed by atoms with Crippen LogP contribution in [0.1, 0.15) is 24.0 Å². The average Bonchev–Trinajstić information content (AvgIpc) is 2.87. The summed E-state index contributed by atoms with van der Waals surface area (Å²) in [5, 5.41) is 4.78. The fourth-order valence-electron chi connectivity index (χ4n) is 4.09. The van der Waals surface area contributed by atoms with E-state index in [1.165, 1.54) is 29.0 Å². The molecule has 1 aromatic heterocycles. The largest absolute Gasteiger partial charge is 0.392 e. The number of hydrogen-bond donors (Lipinski definition) is 0. The van der Waals surface area contributed by atoms with E-state index in [0.29, 0.717) is 38.0 Å². The van der Waals surface area contributed by atoms with E-state index in [9.17, 15) is 18.4 Å². The highest BCUT2D eigenvalue weighted by molar-refractivity contribution is 6.37. The summed E-state index contributed by atoms with van der Waals surface area (Å²) < 4.78 is 29.8. The molecule has 0 spiro atoms. The molecular weight excluding hydrogens is 537 g/mol. The number of rotatable bonds is 7. The number of aromatic nitrogens is 1. The Morgan fingerprint density at radius 2 is 1.76 bits per heavy atom. The van der Waals surface area contributed by atoms with Crippen LogP contribution in [0.4, 0.5) is 8.78 Å². The third-order valence-electron chi connectivity index (χ3n) is 6.23.